The van der Waals surface area contributed by atoms with Crippen LogP contribution in [0.2, 0.25) is 0 Å². The highest BCUT2D eigenvalue weighted by Crippen LogP contribution is 2.41. The van der Waals surface area contributed by atoms with Gasteiger partial charge in [0.25, 0.3) is 0 Å². The lowest BCUT2D eigenvalue weighted by Crippen LogP contribution is -2.44. The highest BCUT2D eigenvalue weighted by molar-refractivity contribution is 6.09. The van der Waals surface area contributed by atoms with E-state index in [4.69, 9.17) is 0 Å². The van der Waals surface area contributed by atoms with Crippen LogP contribution in [0.4, 0.5) is 20.2 Å². The number of anilines is 2. The van der Waals surface area contributed by atoms with Crippen LogP contribution in [0.3, 0.4) is 0 Å². The summed E-state index contributed by atoms with van der Waals surface area (Å²) < 4.78 is 27.9. The van der Waals surface area contributed by atoms with Crippen LogP contribution in [-0.4, -0.2) is 37.9 Å². The highest BCUT2D eigenvalue weighted by Gasteiger charge is 2.37. The number of nitrogens with one attached hydrogen (secondary N) is 1. The lowest BCUT2D eigenvalue weighted by Gasteiger charge is -2.36. The van der Waals surface area contributed by atoms with Crippen molar-refractivity contribution in [2.45, 2.75) is 18.9 Å². The van der Waals surface area contributed by atoms with E-state index in [1.54, 1.807) is 4.90 Å². The van der Waals surface area contributed by atoms with Crippen molar-refractivity contribution in [2.24, 2.45) is 0 Å². The predicted octanol–water partition coefficient (Wildman–Crippen LogP) is 4.28. The number of halogens is 2. The molecule has 2 aliphatic rings. The summed E-state index contributed by atoms with van der Waals surface area (Å²) in [6.45, 7) is 3.76. The lowest BCUT2D eigenvalue weighted by atomic mass is 9.83. The maximum atomic E-state index is 14.5. The standard InChI is InChI=1S/C27H25F2N3O2/c28-19-6-8-21(24(29)14-19)27(34)23-16-26(33)32(17-18-4-2-1-3-5-18)25-9-7-20(15-22(23)25)31-12-10-30-11-13-31/h1-9,14-15,23,30H,10-13,16-17H2. The predicted molar refractivity (Wildman–Crippen MR) is 127 cm³/mol. The second-order valence-electron chi connectivity index (χ2n) is 8.69. The monoisotopic (exact) mass is 461 g/mol. The molecule has 3 aromatic rings. The highest BCUT2D eigenvalue weighted by atomic mass is 19.1. The first-order chi connectivity index (χ1) is 16.5. The largest absolute Gasteiger partial charge is 0.369 e. The van der Waals surface area contributed by atoms with Gasteiger partial charge in [0, 0.05) is 50.0 Å². The molecule has 1 saturated heterocycles. The van der Waals surface area contributed by atoms with Gasteiger partial charge in [0.15, 0.2) is 5.78 Å². The summed E-state index contributed by atoms with van der Waals surface area (Å²) in [5.41, 5.74) is 3.09. The van der Waals surface area contributed by atoms with Crippen LogP contribution >= 0.6 is 0 Å². The molecule has 1 atom stereocenters. The SMILES string of the molecule is O=C(c1ccc(F)cc1F)C1CC(=O)N(Cc2ccccc2)c2ccc(N3CCNCC3)cc21. The third-order valence-corrected chi connectivity index (χ3v) is 6.54. The minimum Gasteiger partial charge on any atom is -0.369 e. The molecule has 2 aliphatic heterocycles. The van der Waals surface area contributed by atoms with Crippen molar-refractivity contribution >= 4 is 23.1 Å². The van der Waals surface area contributed by atoms with Crippen molar-refractivity contribution in [3.05, 3.63) is 95.1 Å². The van der Waals surface area contributed by atoms with Gasteiger partial charge < -0.3 is 15.1 Å². The first kappa shape index (κ1) is 22.2. The molecular weight excluding hydrogens is 436 g/mol. The molecule has 0 aliphatic carbocycles. The van der Waals surface area contributed by atoms with Gasteiger partial charge in [-0.2, -0.15) is 0 Å². The first-order valence-electron chi connectivity index (χ1n) is 11.4. The van der Waals surface area contributed by atoms with Crippen LogP contribution in [-0.2, 0) is 11.3 Å². The number of hydrogen-bond acceptors (Lipinski definition) is 4. The molecule has 7 heteroatoms. The molecule has 0 spiro atoms. The topological polar surface area (TPSA) is 52.7 Å². The number of nitrogens with zero attached hydrogens (tertiary/aromatic N) is 2. The minimum absolute atomic E-state index is 0.0690. The molecule has 2 heterocycles. The molecule has 0 bridgehead atoms. The van der Waals surface area contributed by atoms with Crippen LogP contribution in [0.25, 0.3) is 0 Å². The van der Waals surface area contributed by atoms with Gasteiger partial charge in [-0.05, 0) is 41.5 Å². The van der Waals surface area contributed by atoms with E-state index in [1.165, 1.54) is 0 Å². The zero-order chi connectivity index (χ0) is 23.7. The van der Waals surface area contributed by atoms with Crippen molar-refractivity contribution < 1.29 is 18.4 Å². The number of amides is 1. The zero-order valence-corrected chi connectivity index (χ0v) is 18.6. The Labute approximate surface area is 197 Å². The fraction of sp³-hybridized carbons (Fsp3) is 0.259. The van der Waals surface area contributed by atoms with Crippen molar-refractivity contribution in [3.8, 4) is 0 Å². The van der Waals surface area contributed by atoms with Gasteiger partial charge in [0.05, 0.1) is 18.0 Å². The molecule has 1 N–H and O–H groups in total. The Kier molecular flexibility index (Phi) is 6.11. The van der Waals surface area contributed by atoms with E-state index in [0.29, 0.717) is 23.9 Å². The summed E-state index contributed by atoms with van der Waals surface area (Å²) in [6.07, 6.45) is -0.0690. The van der Waals surface area contributed by atoms with Crippen molar-refractivity contribution in [1.82, 2.24) is 5.32 Å². The maximum Gasteiger partial charge on any atom is 0.228 e. The molecule has 0 radical (unpaired) electrons. The molecule has 1 fully saturated rings. The van der Waals surface area contributed by atoms with Gasteiger partial charge in [-0.1, -0.05) is 30.3 Å². The molecule has 1 amide bonds. The van der Waals surface area contributed by atoms with Crippen molar-refractivity contribution in [2.75, 3.05) is 36.0 Å². The molecule has 5 nitrogen and oxygen atoms in total. The van der Waals surface area contributed by atoms with Gasteiger partial charge in [0.2, 0.25) is 5.91 Å². The summed E-state index contributed by atoms with van der Waals surface area (Å²) in [6, 6.07) is 18.4. The second-order valence-corrected chi connectivity index (χ2v) is 8.69. The summed E-state index contributed by atoms with van der Waals surface area (Å²) in [5, 5.41) is 3.33. The first-order valence-corrected chi connectivity index (χ1v) is 11.4. The minimum atomic E-state index is -0.913. The molecule has 34 heavy (non-hydrogen) atoms. The molecule has 3 aromatic carbocycles. The molecular formula is C27H25F2N3O2. The van der Waals surface area contributed by atoms with E-state index in [0.717, 1.165) is 49.6 Å². The third-order valence-electron chi connectivity index (χ3n) is 6.54. The van der Waals surface area contributed by atoms with E-state index in [9.17, 15) is 18.4 Å². The number of hydrogen-bond donors (Lipinski definition) is 1. The smallest absolute Gasteiger partial charge is 0.228 e. The van der Waals surface area contributed by atoms with Crippen molar-refractivity contribution in [3.63, 3.8) is 0 Å². The molecule has 0 saturated carbocycles. The van der Waals surface area contributed by atoms with Crippen molar-refractivity contribution in [1.29, 1.82) is 0 Å². The zero-order valence-electron chi connectivity index (χ0n) is 18.6. The second kappa shape index (κ2) is 9.35. The fourth-order valence-electron chi connectivity index (χ4n) is 4.77. The average Bonchev–Trinajstić information content (AvgIpc) is 2.86. The normalized spacial score (nSPS) is 18.1. The van der Waals surface area contributed by atoms with E-state index in [-0.39, 0.29) is 17.9 Å². The van der Waals surface area contributed by atoms with Gasteiger partial charge in [0.1, 0.15) is 11.6 Å². The number of ketones is 1. The maximum absolute atomic E-state index is 14.5. The molecule has 5 rings (SSSR count). The number of Topliss-reactive ketones (excluding diaryl/α,β-unsaturated/α-hetero) is 1. The summed E-state index contributed by atoms with van der Waals surface area (Å²) in [5.74, 6) is -3.21. The Bertz CT molecular complexity index is 1230. The van der Waals surface area contributed by atoms with E-state index in [1.807, 2.05) is 48.5 Å². The van der Waals surface area contributed by atoms with Gasteiger partial charge >= 0.3 is 0 Å². The Morgan fingerprint density at radius 1 is 0.971 bits per heavy atom. The van der Waals surface area contributed by atoms with Crippen LogP contribution in [0.1, 0.15) is 33.8 Å². The molecule has 0 aromatic heterocycles. The summed E-state index contributed by atoms with van der Waals surface area (Å²) in [4.78, 5) is 30.6. The Morgan fingerprint density at radius 3 is 2.47 bits per heavy atom. The Morgan fingerprint density at radius 2 is 1.74 bits per heavy atom. The van der Waals surface area contributed by atoms with Crippen LogP contribution < -0.4 is 15.1 Å². The van der Waals surface area contributed by atoms with E-state index >= 15 is 0 Å². The van der Waals surface area contributed by atoms with Gasteiger partial charge in [-0.25, -0.2) is 8.78 Å². The average molecular weight is 462 g/mol. The van der Waals surface area contributed by atoms with Crippen LogP contribution in [0, 0.1) is 11.6 Å². The van der Waals surface area contributed by atoms with Gasteiger partial charge in [-0.3, -0.25) is 9.59 Å². The number of carbonyl (C=O) groups is 2. The third kappa shape index (κ3) is 4.31. The number of fused-ring (bicyclic) bond motifs is 1. The number of rotatable bonds is 5. The van der Waals surface area contributed by atoms with Crippen LogP contribution in [0.5, 0.6) is 0 Å². The number of carbonyl (C=O) groups excluding carboxylic acids is 2. The molecule has 1 unspecified atom stereocenters. The number of piperazine rings is 1. The van der Waals surface area contributed by atoms with Gasteiger partial charge in [-0.15, -0.1) is 0 Å². The fourth-order valence-corrected chi connectivity index (χ4v) is 4.77. The molecule has 174 valence electrons. The Balaban J connectivity index is 1.56. The van der Waals surface area contributed by atoms with Crippen LogP contribution in [0.15, 0.2) is 66.7 Å². The number of benzene rings is 3. The van der Waals surface area contributed by atoms with E-state index in [2.05, 4.69) is 10.2 Å². The lowest BCUT2D eigenvalue weighted by molar-refractivity contribution is -0.119. The summed E-state index contributed by atoms with van der Waals surface area (Å²) in [7, 11) is 0. The van der Waals surface area contributed by atoms with E-state index < -0.39 is 23.3 Å². The quantitative estimate of drug-likeness (QED) is 0.577. The Hall–Kier alpha value is -3.58. The summed E-state index contributed by atoms with van der Waals surface area (Å²) >= 11 is 0.